The molecule has 0 saturated carbocycles. The largest absolute Gasteiger partial charge is 0.433 e. The van der Waals surface area contributed by atoms with Crippen molar-refractivity contribution < 1.29 is 40.2 Å². The van der Waals surface area contributed by atoms with Crippen LogP contribution in [0.3, 0.4) is 0 Å². The van der Waals surface area contributed by atoms with Gasteiger partial charge in [-0.3, -0.25) is 4.79 Å². The van der Waals surface area contributed by atoms with Crippen LogP contribution >= 0.6 is 0 Å². The Hall–Kier alpha value is -0.770. The molecule has 0 spiro atoms. The molecule has 0 radical (unpaired) electrons. The Morgan fingerprint density at radius 2 is 1.18 bits per heavy atom. The number of hydrogen-bond acceptors (Lipinski definition) is 8. The van der Waals surface area contributed by atoms with Gasteiger partial charge in [-0.05, 0) is 6.42 Å². The van der Waals surface area contributed by atoms with Gasteiger partial charge in [-0.25, -0.2) is 0 Å². The van der Waals surface area contributed by atoms with E-state index < -0.39 is 43.3 Å². The van der Waals surface area contributed by atoms with Crippen LogP contribution in [0.15, 0.2) is 0 Å². The predicted molar refractivity (Wildman–Crippen MR) is 104 cm³/mol. The number of ether oxygens (including phenoxy) is 1. The standard InChI is InChI=1S/C20H40O8/c1-2-3-4-5-6-7-8-9-10-11-12-13-16(23)28-20(27)19(26)18(25)17(24)15(22)14-21/h15,17-22,24-27H,2-14H2,1H3/t15-,17-,18-,19-,20?/m1/s1. The predicted octanol–water partition coefficient (Wildman–Crippen LogP) is 0.985. The summed E-state index contributed by atoms with van der Waals surface area (Å²) in [5.74, 6) is -0.716. The summed E-state index contributed by atoms with van der Waals surface area (Å²) in [4.78, 5) is 11.7. The first kappa shape index (κ1) is 27.2. The van der Waals surface area contributed by atoms with Crippen molar-refractivity contribution in [3.8, 4) is 0 Å². The fraction of sp³-hybridized carbons (Fsp3) is 0.950. The van der Waals surface area contributed by atoms with E-state index in [9.17, 15) is 30.3 Å². The summed E-state index contributed by atoms with van der Waals surface area (Å²) in [6, 6.07) is 0. The number of hydrogen-bond donors (Lipinski definition) is 6. The van der Waals surface area contributed by atoms with Gasteiger partial charge in [0.05, 0.1) is 6.61 Å². The molecule has 0 fully saturated rings. The van der Waals surface area contributed by atoms with Gasteiger partial charge in [0.25, 0.3) is 0 Å². The summed E-state index contributed by atoms with van der Waals surface area (Å²) in [7, 11) is 0. The van der Waals surface area contributed by atoms with Crippen LogP contribution in [0.25, 0.3) is 0 Å². The molecule has 0 amide bonds. The fourth-order valence-corrected chi connectivity index (χ4v) is 2.90. The Kier molecular flexibility index (Phi) is 16.6. The van der Waals surface area contributed by atoms with Crippen LogP contribution in [0.5, 0.6) is 0 Å². The highest BCUT2D eigenvalue weighted by atomic mass is 16.6. The van der Waals surface area contributed by atoms with Gasteiger partial charge in [-0.15, -0.1) is 0 Å². The van der Waals surface area contributed by atoms with Gasteiger partial charge in [0.2, 0.25) is 6.29 Å². The van der Waals surface area contributed by atoms with E-state index in [2.05, 4.69) is 11.7 Å². The van der Waals surface area contributed by atoms with Crippen LogP contribution in [0.1, 0.15) is 84.0 Å². The molecule has 168 valence electrons. The fourth-order valence-electron chi connectivity index (χ4n) is 2.90. The van der Waals surface area contributed by atoms with Gasteiger partial charge in [-0.1, -0.05) is 71.1 Å². The molecule has 0 aromatic carbocycles. The zero-order valence-corrected chi connectivity index (χ0v) is 17.1. The first-order valence-corrected chi connectivity index (χ1v) is 10.6. The lowest BCUT2D eigenvalue weighted by Gasteiger charge is -2.28. The maximum atomic E-state index is 11.7. The molecule has 0 rings (SSSR count). The minimum Gasteiger partial charge on any atom is -0.433 e. The van der Waals surface area contributed by atoms with E-state index in [0.29, 0.717) is 6.42 Å². The molecule has 0 aromatic rings. The minimum atomic E-state index is -2.03. The number of aliphatic hydroxyl groups is 6. The topological polar surface area (TPSA) is 148 Å². The van der Waals surface area contributed by atoms with Crippen molar-refractivity contribution in [2.45, 2.75) is 115 Å². The molecule has 8 nitrogen and oxygen atoms in total. The molecule has 28 heavy (non-hydrogen) atoms. The lowest BCUT2D eigenvalue weighted by Crippen LogP contribution is -2.50. The summed E-state index contributed by atoms with van der Waals surface area (Å²) in [6.45, 7) is 1.37. The second-order valence-corrected chi connectivity index (χ2v) is 7.39. The molecule has 5 atom stereocenters. The third-order valence-corrected chi connectivity index (χ3v) is 4.81. The van der Waals surface area contributed by atoms with Crippen molar-refractivity contribution in [2.24, 2.45) is 0 Å². The molecule has 0 heterocycles. The zero-order valence-electron chi connectivity index (χ0n) is 17.1. The van der Waals surface area contributed by atoms with Gasteiger partial charge in [-0.2, -0.15) is 0 Å². The molecular formula is C20H40O8. The SMILES string of the molecule is CCCCCCCCCCCCCC(=O)OC(O)[C@H](O)[C@H](O)[C@H](O)[C@H](O)CO. The lowest BCUT2D eigenvalue weighted by atomic mass is 10.0. The number of carbonyl (C=O) groups is 1. The third kappa shape index (κ3) is 12.6. The van der Waals surface area contributed by atoms with Crippen molar-refractivity contribution in [1.29, 1.82) is 0 Å². The number of aliphatic hydroxyl groups excluding tert-OH is 6. The molecule has 0 saturated heterocycles. The average molecular weight is 409 g/mol. The smallest absolute Gasteiger partial charge is 0.308 e. The lowest BCUT2D eigenvalue weighted by molar-refractivity contribution is -0.213. The van der Waals surface area contributed by atoms with Gasteiger partial charge in [0.1, 0.15) is 24.4 Å². The highest BCUT2D eigenvalue weighted by Gasteiger charge is 2.35. The van der Waals surface area contributed by atoms with Crippen LogP contribution in [0, 0.1) is 0 Å². The van der Waals surface area contributed by atoms with Crippen molar-refractivity contribution in [1.82, 2.24) is 0 Å². The van der Waals surface area contributed by atoms with Gasteiger partial charge >= 0.3 is 5.97 Å². The Bertz CT molecular complexity index is 379. The summed E-state index contributed by atoms with van der Waals surface area (Å²) < 4.78 is 4.64. The normalized spacial score (nSPS) is 17.0. The van der Waals surface area contributed by atoms with Gasteiger partial charge in [0.15, 0.2) is 0 Å². The highest BCUT2D eigenvalue weighted by molar-refractivity contribution is 5.69. The number of rotatable bonds is 18. The summed E-state index contributed by atoms with van der Waals surface area (Å²) in [5, 5.41) is 56.3. The summed E-state index contributed by atoms with van der Waals surface area (Å²) in [5.41, 5.74) is 0. The second-order valence-electron chi connectivity index (χ2n) is 7.39. The maximum absolute atomic E-state index is 11.7. The molecular weight excluding hydrogens is 368 g/mol. The average Bonchev–Trinajstić information content (AvgIpc) is 2.69. The zero-order chi connectivity index (χ0) is 21.4. The van der Waals surface area contributed by atoms with Crippen molar-refractivity contribution in [3.05, 3.63) is 0 Å². The van der Waals surface area contributed by atoms with Gasteiger partial charge in [0, 0.05) is 6.42 Å². The van der Waals surface area contributed by atoms with Crippen LogP contribution in [0.2, 0.25) is 0 Å². The maximum Gasteiger partial charge on any atom is 0.308 e. The molecule has 0 aliphatic carbocycles. The van der Waals surface area contributed by atoms with Crippen molar-refractivity contribution in [3.63, 3.8) is 0 Å². The van der Waals surface area contributed by atoms with Crippen molar-refractivity contribution >= 4 is 5.97 Å². The van der Waals surface area contributed by atoms with E-state index >= 15 is 0 Å². The number of esters is 1. The second kappa shape index (κ2) is 17.1. The number of carbonyl (C=O) groups excluding carboxylic acids is 1. The van der Waals surface area contributed by atoms with E-state index in [4.69, 9.17) is 5.11 Å². The molecule has 0 bridgehead atoms. The molecule has 0 aromatic heterocycles. The summed E-state index contributed by atoms with van der Waals surface area (Å²) in [6.07, 6.45) is 3.02. The Balaban J connectivity index is 3.77. The molecule has 8 heteroatoms. The van der Waals surface area contributed by atoms with E-state index in [1.165, 1.54) is 44.9 Å². The number of unbranched alkanes of at least 4 members (excludes halogenated alkanes) is 10. The van der Waals surface area contributed by atoms with Crippen molar-refractivity contribution in [2.75, 3.05) is 6.61 Å². The van der Waals surface area contributed by atoms with Gasteiger partial charge < -0.3 is 35.4 Å². The Labute approximate surface area is 168 Å². The quantitative estimate of drug-likeness (QED) is 0.112. The van der Waals surface area contributed by atoms with E-state index in [1.807, 2.05) is 0 Å². The minimum absolute atomic E-state index is 0.0821. The van der Waals surface area contributed by atoms with E-state index in [1.54, 1.807) is 0 Å². The van der Waals surface area contributed by atoms with E-state index in [0.717, 1.165) is 19.3 Å². The molecule has 0 aliphatic rings. The first-order chi connectivity index (χ1) is 13.3. The van der Waals surface area contributed by atoms with Crippen LogP contribution < -0.4 is 0 Å². The molecule has 6 N–H and O–H groups in total. The molecule has 0 aliphatic heterocycles. The third-order valence-electron chi connectivity index (χ3n) is 4.81. The van der Waals surface area contributed by atoms with Crippen LogP contribution in [-0.2, 0) is 9.53 Å². The van der Waals surface area contributed by atoms with E-state index in [-0.39, 0.29) is 6.42 Å². The molecule has 1 unspecified atom stereocenters. The first-order valence-electron chi connectivity index (χ1n) is 10.6. The summed E-state index contributed by atoms with van der Waals surface area (Å²) >= 11 is 0. The van der Waals surface area contributed by atoms with Crippen LogP contribution in [0.4, 0.5) is 0 Å². The van der Waals surface area contributed by atoms with Crippen LogP contribution in [-0.4, -0.2) is 73.9 Å². The highest BCUT2D eigenvalue weighted by Crippen LogP contribution is 2.13. The monoisotopic (exact) mass is 408 g/mol. The Morgan fingerprint density at radius 3 is 1.64 bits per heavy atom. The Morgan fingerprint density at radius 1 is 0.714 bits per heavy atom.